The summed E-state index contributed by atoms with van der Waals surface area (Å²) in [4.78, 5) is 4.67. The number of methoxy groups -OCH3 is 1. The molecule has 29 heavy (non-hydrogen) atoms. The SMILES string of the molecule is CCNC(=NCc1cnn(-c2ccccc2)c1)NCCc1ccccc1OC.I. The van der Waals surface area contributed by atoms with Crippen molar-refractivity contribution in [2.24, 2.45) is 4.99 Å². The van der Waals surface area contributed by atoms with Crippen LogP contribution in [-0.4, -0.2) is 35.9 Å². The van der Waals surface area contributed by atoms with Gasteiger partial charge in [-0.3, -0.25) is 0 Å². The molecule has 0 fully saturated rings. The minimum atomic E-state index is 0. The Hall–Kier alpha value is -2.55. The summed E-state index contributed by atoms with van der Waals surface area (Å²) in [5.41, 5.74) is 3.28. The summed E-state index contributed by atoms with van der Waals surface area (Å²) in [6.07, 6.45) is 4.73. The number of guanidine groups is 1. The van der Waals surface area contributed by atoms with Crippen molar-refractivity contribution in [1.82, 2.24) is 20.4 Å². The van der Waals surface area contributed by atoms with Crippen LogP contribution in [0.2, 0.25) is 0 Å². The van der Waals surface area contributed by atoms with E-state index in [1.807, 2.05) is 65.6 Å². The van der Waals surface area contributed by atoms with Crippen molar-refractivity contribution < 1.29 is 4.74 Å². The second kappa shape index (κ2) is 12.1. The van der Waals surface area contributed by atoms with Crippen LogP contribution in [-0.2, 0) is 13.0 Å². The average molecular weight is 505 g/mol. The van der Waals surface area contributed by atoms with Crippen LogP contribution in [0.3, 0.4) is 0 Å². The molecule has 1 aromatic heterocycles. The molecule has 0 spiro atoms. The number of nitrogens with zero attached hydrogens (tertiary/aromatic N) is 3. The van der Waals surface area contributed by atoms with Crippen LogP contribution in [0.5, 0.6) is 5.75 Å². The number of hydrogen-bond donors (Lipinski definition) is 2. The van der Waals surface area contributed by atoms with Gasteiger partial charge in [-0.1, -0.05) is 36.4 Å². The Morgan fingerprint density at radius 1 is 1.07 bits per heavy atom. The van der Waals surface area contributed by atoms with Crippen LogP contribution in [0.15, 0.2) is 72.0 Å². The van der Waals surface area contributed by atoms with Crippen molar-refractivity contribution in [2.45, 2.75) is 19.9 Å². The molecule has 0 amide bonds. The van der Waals surface area contributed by atoms with Crippen molar-refractivity contribution in [3.05, 3.63) is 78.1 Å². The Labute approximate surface area is 189 Å². The Bertz CT molecular complexity index is 895. The molecule has 3 aromatic rings. The molecule has 0 aliphatic carbocycles. The molecule has 0 radical (unpaired) electrons. The molecule has 0 atom stereocenters. The first-order chi connectivity index (χ1) is 13.8. The fraction of sp³-hybridized carbons (Fsp3) is 0.273. The van der Waals surface area contributed by atoms with E-state index in [-0.39, 0.29) is 24.0 Å². The van der Waals surface area contributed by atoms with Crippen LogP contribution < -0.4 is 15.4 Å². The average Bonchev–Trinajstić information content (AvgIpc) is 3.22. The van der Waals surface area contributed by atoms with Gasteiger partial charge in [-0.25, -0.2) is 9.67 Å². The number of benzene rings is 2. The fourth-order valence-corrected chi connectivity index (χ4v) is 2.90. The summed E-state index contributed by atoms with van der Waals surface area (Å²) >= 11 is 0. The van der Waals surface area contributed by atoms with Crippen molar-refractivity contribution in [1.29, 1.82) is 0 Å². The molecule has 0 unspecified atom stereocenters. The standard InChI is InChI=1S/C22H27N5O.HI/c1-3-23-22(24-14-13-19-9-7-8-12-21(19)28-2)25-15-18-16-26-27(17-18)20-10-5-4-6-11-20;/h4-12,16-17H,3,13-15H2,1-2H3,(H2,23,24,25);1H. The number of para-hydroxylation sites is 2. The number of hydrogen-bond acceptors (Lipinski definition) is 3. The van der Waals surface area contributed by atoms with E-state index in [1.165, 1.54) is 5.56 Å². The second-order valence-corrected chi connectivity index (χ2v) is 6.31. The zero-order chi connectivity index (χ0) is 19.6. The molecule has 0 saturated carbocycles. The highest BCUT2D eigenvalue weighted by Crippen LogP contribution is 2.17. The number of aromatic nitrogens is 2. The third kappa shape index (κ3) is 6.77. The van der Waals surface area contributed by atoms with Gasteiger partial charge in [0.15, 0.2) is 5.96 Å². The molecule has 3 rings (SSSR count). The minimum absolute atomic E-state index is 0. The highest BCUT2D eigenvalue weighted by Gasteiger charge is 2.04. The van der Waals surface area contributed by atoms with Gasteiger partial charge in [0.05, 0.1) is 25.5 Å². The molecule has 0 aliphatic heterocycles. The lowest BCUT2D eigenvalue weighted by Gasteiger charge is -2.12. The molecule has 0 bridgehead atoms. The molecule has 0 saturated heterocycles. The number of halogens is 1. The van der Waals surface area contributed by atoms with Crippen LogP contribution in [0, 0.1) is 0 Å². The summed E-state index contributed by atoms with van der Waals surface area (Å²) in [6, 6.07) is 18.2. The van der Waals surface area contributed by atoms with E-state index in [2.05, 4.69) is 33.7 Å². The van der Waals surface area contributed by atoms with E-state index in [1.54, 1.807) is 7.11 Å². The summed E-state index contributed by atoms with van der Waals surface area (Å²) in [7, 11) is 1.70. The third-order valence-corrected chi connectivity index (χ3v) is 4.30. The van der Waals surface area contributed by atoms with Gasteiger partial charge in [0, 0.05) is 24.8 Å². The normalized spacial score (nSPS) is 10.9. The van der Waals surface area contributed by atoms with Gasteiger partial charge in [-0.05, 0) is 37.1 Å². The predicted molar refractivity (Wildman–Crippen MR) is 128 cm³/mol. The lowest BCUT2D eigenvalue weighted by atomic mass is 10.1. The maximum atomic E-state index is 5.41. The van der Waals surface area contributed by atoms with Gasteiger partial charge < -0.3 is 15.4 Å². The molecule has 7 heteroatoms. The van der Waals surface area contributed by atoms with Crippen LogP contribution in [0.25, 0.3) is 5.69 Å². The predicted octanol–water partition coefficient (Wildman–Crippen LogP) is 3.80. The third-order valence-electron chi connectivity index (χ3n) is 4.30. The first kappa shape index (κ1) is 22.7. The molecule has 1 heterocycles. The molecule has 2 N–H and O–H groups in total. The monoisotopic (exact) mass is 505 g/mol. The quantitative estimate of drug-likeness (QED) is 0.278. The molecular weight excluding hydrogens is 477 g/mol. The van der Waals surface area contributed by atoms with Crippen molar-refractivity contribution in [3.63, 3.8) is 0 Å². The lowest BCUT2D eigenvalue weighted by Crippen LogP contribution is -2.38. The fourth-order valence-electron chi connectivity index (χ4n) is 2.90. The summed E-state index contributed by atoms with van der Waals surface area (Å²) in [6.45, 7) is 4.21. The summed E-state index contributed by atoms with van der Waals surface area (Å²) < 4.78 is 7.28. The molecule has 6 nitrogen and oxygen atoms in total. The van der Waals surface area contributed by atoms with Crippen molar-refractivity contribution in [3.8, 4) is 11.4 Å². The summed E-state index contributed by atoms with van der Waals surface area (Å²) in [5, 5.41) is 11.1. The first-order valence-electron chi connectivity index (χ1n) is 9.53. The van der Waals surface area contributed by atoms with Gasteiger partial charge in [0.1, 0.15) is 5.75 Å². The first-order valence-corrected chi connectivity index (χ1v) is 9.53. The van der Waals surface area contributed by atoms with E-state index < -0.39 is 0 Å². The highest BCUT2D eigenvalue weighted by atomic mass is 127. The van der Waals surface area contributed by atoms with Crippen molar-refractivity contribution in [2.75, 3.05) is 20.2 Å². The highest BCUT2D eigenvalue weighted by molar-refractivity contribution is 14.0. The Morgan fingerprint density at radius 2 is 1.83 bits per heavy atom. The van der Waals surface area contributed by atoms with Crippen LogP contribution in [0.4, 0.5) is 0 Å². The van der Waals surface area contributed by atoms with Gasteiger partial charge in [-0.2, -0.15) is 5.10 Å². The Kier molecular flexibility index (Phi) is 9.49. The van der Waals surface area contributed by atoms with Crippen LogP contribution in [0.1, 0.15) is 18.1 Å². The van der Waals surface area contributed by atoms with Gasteiger partial charge in [-0.15, -0.1) is 24.0 Å². The van der Waals surface area contributed by atoms with E-state index in [9.17, 15) is 0 Å². The maximum Gasteiger partial charge on any atom is 0.191 e. The topological polar surface area (TPSA) is 63.5 Å². The van der Waals surface area contributed by atoms with E-state index in [4.69, 9.17) is 4.74 Å². The van der Waals surface area contributed by atoms with Gasteiger partial charge in [0.25, 0.3) is 0 Å². The van der Waals surface area contributed by atoms with Crippen LogP contribution >= 0.6 is 24.0 Å². The van der Waals surface area contributed by atoms with Gasteiger partial charge in [0.2, 0.25) is 0 Å². The minimum Gasteiger partial charge on any atom is -0.496 e. The van der Waals surface area contributed by atoms with Gasteiger partial charge >= 0.3 is 0 Å². The van der Waals surface area contributed by atoms with E-state index in [0.717, 1.165) is 42.5 Å². The van der Waals surface area contributed by atoms with E-state index >= 15 is 0 Å². The molecular formula is C22H28IN5O. The number of nitrogens with one attached hydrogen (secondary N) is 2. The zero-order valence-corrected chi connectivity index (χ0v) is 19.2. The number of aliphatic imine (C=N–C) groups is 1. The molecule has 154 valence electrons. The van der Waals surface area contributed by atoms with E-state index in [0.29, 0.717) is 6.54 Å². The lowest BCUT2D eigenvalue weighted by molar-refractivity contribution is 0.409. The zero-order valence-electron chi connectivity index (χ0n) is 16.8. The number of rotatable bonds is 8. The molecule has 0 aliphatic rings. The maximum absolute atomic E-state index is 5.41. The Morgan fingerprint density at radius 3 is 2.59 bits per heavy atom. The summed E-state index contributed by atoms with van der Waals surface area (Å²) in [5.74, 6) is 1.71. The largest absolute Gasteiger partial charge is 0.496 e. The second-order valence-electron chi connectivity index (χ2n) is 6.31. The van der Waals surface area contributed by atoms with Crippen molar-refractivity contribution >= 4 is 29.9 Å². The Balaban J connectivity index is 0.00000300. The molecule has 2 aromatic carbocycles. The number of ether oxygens (including phenoxy) is 1. The smallest absolute Gasteiger partial charge is 0.191 e.